The van der Waals surface area contributed by atoms with Crippen LogP contribution in [0.1, 0.15) is 24.3 Å². The van der Waals surface area contributed by atoms with Crippen LogP contribution in [-0.2, 0) is 16.6 Å². The van der Waals surface area contributed by atoms with Crippen molar-refractivity contribution in [3.63, 3.8) is 0 Å². The number of hydrogen-bond acceptors (Lipinski definition) is 5. The Labute approximate surface area is 126 Å². The molecule has 0 spiro atoms. The van der Waals surface area contributed by atoms with Gasteiger partial charge < -0.3 is 10.2 Å². The lowest BCUT2D eigenvalue weighted by Gasteiger charge is -2.20. The monoisotopic (exact) mass is 319 g/mol. The van der Waals surface area contributed by atoms with Gasteiger partial charge in [-0.2, -0.15) is 0 Å². The smallest absolute Gasteiger partial charge is 0.242 e. The Morgan fingerprint density at radius 1 is 1.40 bits per heavy atom. The van der Waals surface area contributed by atoms with Crippen LogP contribution >= 0.6 is 11.3 Å². The average Bonchev–Trinajstić information content (AvgIpc) is 2.75. The Kier molecular flexibility index (Phi) is 6.60. The normalized spacial score (nSPS) is 13.9. The molecule has 116 valence electrons. The molecule has 1 rings (SSSR count). The van der Waals surface area contributed by atoms with Crippen LogP contribution in [0.4, 0.5) is 0 Å². The second-order valence-corrected chi connectivity index (χ2v) is 7.78. The fourth-order valence-corrected chi connectivity index (χ4v) is 4.59. The van der Waals surface area contributed by atoms with Gasteiger partial charge in [-0.1, -0.05) is 6.92 Å². The summed E-state index contributed by atoms with van der Waals surface area (Å²) in [6.45, 7) is 7.66. The highest BCUT2D eigenvalue weighted by Gasteiger charge is 2.23. The maximum atomic E-state index is 12.5. The summed E-state index contributed by atoms with van der Waals surface area (Å²) in [5.74, 6) is 0. The summed E-state index contributed by atoms with van der Waals surface area (Å²) in [6, 6.07) is 0.154. The number of hydrogen-bond donors (Lipinski definition) is 2. The second-order valence-electron chi connectivity index (χ2n) is 5.12. The zero-order valence-corrected chi connectivity index (χ0v) is 14.5. The molecule has 1 unspecified atom stereocenters. The maximum Gasteiger partial charge on any atom is 0.242 e. The van der Waals surface area contributed by atoms with Gasteiger partial charge in [0, 0.05) is 24.0 Å². The summed E-state index contributed by atoms with van der Waals surface area (Å²) in [5.41, 5.74) is 0.813. The first kappa shape index (κ1) is 17.6. The van der Waals surface area contributed by atoms with E-state index in [1.807, 2.05) is 45.1 Å². The summed E-state index contributed by atoms with van der Waals surface area (Å²) >= 11 is 1.49. The van der Waals surface area contributed by atoms with Crippen LogP contribution < -0.4 is 10.0 Å². The summed E-state index contributed by atoms with van der Waals surface area (Å²) in [6.07, 6.45) is 0. The minimum Gasteiger partial charge on any atom is -0.312 e. The van der Waals surface area contributed by atoms with Crippen LogP contribution in [0.2, 0.25) is 0 Å². The van der Waals surface area contributed by atoms with Crippen molar-refractivity contribution in [3.05, 3.63) is 15.8 Å². The maximum absolute atomic E-state index is 12.5. The first-order chi connectivity index (χ1) is 9.29. The van der Waals surface area contributed by atoms with Gasteiger partial charge in [-0.05, 0) is 45.4 Å². The molecule has 1 heterocycles. The third-order valence-electron chi connectivity index (χ3n) is 3.24. The van der Waals surface area contributed by atoms with Gasteiger partial charge in [-0.15, -0.1) is 11.3 Å². The highest BCUT2D eigenvalue weighted by atomic mass is 32.2. The minimum absolute atomic E-state index is 0.154. The van der Waals surface area contributed by atoms with Crippen LogP contribution in [0.5, 0.6) is 0 Å². The van der Waals surface area contributed by atoms with Crippen LogP contribution in [-0.4, -0.2) is 46.5 Å². The molecule has 20 heavy (non-hydrogen) atoms. The van der Waals surface area contributed by atoms with Crippen LogP contribution in [0.3, 0.4) is 0 Å². The van der Waals surface area contributed by atoms with Gasteiger partial charge in [-0.3, -0.25) is 0 Å². The molecule has 2 N–H and O–H groups in total. The molecule has 0 radical (unpaired) electrons. The molecule has 0 amide bonds. The molecule has 0 aliphatic heterocycles. The van der Waals surface area contributed by atoms with E-state index in [-0.39, 0.29) is 6.04 Å². The van der Waals surface area contributed by atoms with E-state index < -0.39 is 10.0 Å². The Balaban J connectivity index is 2.89. The molecule has 1 aromatic heterocycles. The Morgan fingerprint density at radius 3 is 2.60 bits per heavy atom. The third kappa shape index (κ3) is 4.53. The number of rotatable bonds is 8. The zero-order chi connectivity index (χ0) is 15.3. The van der Waals surface area contributed by atoms with E-state index >= 15 is 0 Å². The van der Waals surface area contributed by atoms with Crippen molar-refractivity contribution in [2.75, 3.05) is 27.2 Å². The average molecular weight is 319 g/mol. The Hall–Kier alpha value is -0.470. The lowest BCUT2D eigenvalue weighted by Crippen LogP contribution is -2.38. The summed E-state index contributed by atoms with van der Waals surface area (Å²) in [5, 5.41) is 5.08. The van der Waals surface area contributed by atoms with Crippen molar-refractivity contribution >= 4 is 21.4 Å². The molecule has 1 aromatic rings. The van der Waals surface area contributed by atoms with E-state index in [1.165, 1.54) is 11.3 Å². The molecular formula is C13H25N3O2S2. The van der Waals surface area contributed by atoms with Gasteiger partial charge in [0.2, 0.25) is 10.0 Å². The number of nitrogens with one attached hydrogen (secondary N) is 2. The Bertz CT molecular complexity index is 524. The van der Waals surface area contributed by atoms with Gasteiger partial charge in [-0.25, -0.2) is 13.1 Å². The van der Waals surface area contributed by atoms with E-state index in [0.717, 1.165) is 17.0 Å². The molecule has 0 aromatic carbocycles. The Morgan fingerprint density at radius 2 is 2.05 bits per heavy atom. The molecule has 0 aliphatic carbocycles. The number of thiophene rings is 1. The first-order valence-electron chi connectivity index (χ1n) is 6.73. The van der Waals surface area contributed by atoms with E-state index in [9.17, 15) is 8.42 Å². The zero-order valence-electron chi connectivity index (χ0n) is 12.9. The third-order valence-corrected chi connectivity index (χ3v) is 6.13. The topological polar surface area (TPSA) is 61.4 Å². The van der Waals surface area contributed by atoms with Gasteiger partial charge in [0.05, 0.1) is 0 Å². The lowest BCUT2D eigenvalue weighted by atomic mass is 10.3. The number of sulfonamides is 1. The number of aryl methyl sites for hydroxylation is 1. The van der Waals surface area contributed by atoms with Crippen LogP contribution in [0.15, 0.2) is 10.3 Å². The molecule has 0 aliphatic rings. The molecule has 0 bridgehead atoms. The molecule has 0 saturated heterocycles. The standard InChI is InChI=1S/C13H25N3O2S2/c1-6-14-8-12-13(10(2)9-19-12)20(17,18)15-7-11(3)16(4)5/h9,11,14-15H,6-8H2,1-5H3. The highest BCUT2D eigenvalue weighted by Crippen LogP contribution is 2.26. The van der Waals surface area contributed by atoms with Crippen LogP contribution in [0, 0.1) is 6.92 Å². The molecule has 0 saturated carbocycles. The van der Waals surface area contributed by atoms with Crippen molar-refractivity contribution in [2.45, 2.75) is 38.3 Å². The van der Waals surface area contributed by atoms with Crippen LogP contribution in [0.25, 0.3) is 0 Å². The molecular weight excluding hydrogens is 294 g/mol. The predicted octanol–water partition coefficient (Wildman–Crippen LogP) is 1.39. The quantitative estimate of drug-likeness (QED) is 0.760. The summed E-state index contributed by atoms with van der Waals surface area (Å²) in [4.78, 5) is 3.30. The molecule has 7 heteroatoms. The van der Waals surface area contributed by atoms with Crippen molar-refractivity contribution in [1.82, 2.24) is 14.9 Å². The van der Waals surface area contributed by atoms with Crippen molar-refractivity contribution in [1.29, 1.82) is 0 Å². The fraction of sp³-hybridized carbons (Fsp3) is 0.692. The first-order valence-corrected chi connectivity index (χ1v) is 9.09. The molecule has 0 fully saturated rings. The lowest BCUT2D eigenvalue weighted by molar-refractivity contribution is 0.314. The number of nitrogens with zero attached hydrogens (tertiary/aromatic N) is 1. The van der Waals surface area contributed by atoms with Gasteiger partial charge in [0.1, 0.15) is 4.90 Å². The number of likely N-dealkylation sites (N-methyl/N-ethyl adjacent to an activating group) is 1. The van der Waals surface area contributed by atoms with E-state index in [2.05, 4.69) is 10.0 Å². The van der Waals surface area contributed by atoms with Gasteiger partial charge in [0.25, 0.3) is 0 Å². The van der Waals surface area contributed by atoms with E-state index in [0.29, 0.717) is 18.0 Å². The summed E-state index contributed by atoms with van der Waals surface area (Å²) < 4.78 is 27.7. The summed E-state index contributed by atoms with van der Waals surface area (Å²) in [7, 11) is 0.428. The van der Waals surface area contributed by atoms with Gasteiger partial charge >= 0.3 is 0 Å². The minimum atomic E-state index is -3.44. The molecule has 5 nitrogen and oxygen atoms in total. The van der Waals surface area contributed by atoms with Crippen molar-refractivity contribution < 1.29 is 8.42 Å². The van der Waals surface area contributed by atoms with E-state index in [1.54, 1.807) is 0 Å². The largest absolute Gasteiger partial charge is 0.312 e. The molecule has 1 atom stereocenters. The SMILES string of the molecule is CCNCc1scc(C)c1S(=O)(=O)NCC(C)N(C)C. The van der Waals surface area contributed by atoms with Crippen molar-refractivity contribution in [3.8, 4) is 0 Å². The van der Waals surface area contributed by atoms with Gasteiger partial charge in [0.15, 0.2) is 0 Å². The second kappa shape index (κ2) is 7.51. The van der Waals surface area contributed by atoms with Crippen molar-refractivity contribution in [2.24, 2.45) is 0 Å². The predicted molar refractivity (Wildman–Crippen MR) is 84.8 cm³/mol. The highest BCUT2D eigenvalue weighted by molar-refractivity contribution is 7.89. The fourth-order valence-electron chi connectivity index (χ4n) is 1.69. The van der Waals surface area contributed by atoms with E-state index in [4.69, 9.17) is 0 Å².